The summed E-state index contributed by atoms with van der Waals surface area (Å²) in [6, 6.07) is 16.8. The minimum Gasteiger partial charge on any atom is -0.494 e. The first-order valence-electron chi connectivity index (χ1n) is 9.57. The van der Waals surface area contributed by atoms with E-state index < -0.39 is 5.91 Å². The SMILES string of the molecule is CCOc1ccc(NC(=O)c2ccccc2NC(=O)COc2c(Cl)cc(Cl)cc2Br)cc1. The van der Waals surface area contributed by atoms with Crippen molar-refractivity contribution in [1.82, 2.24) is 0 Å². The number of amides is 2. The Morgan fingerprint density at radius 1 is 0.969 bits per heavy atom. The van der Waals surface area contributed by atoms with E-state index in [-0.39, 0.29) is 17.5 Å². The van der Waals surface area contributed by atoms with Crippen LogP contribution < -0.4 is 20.1 Å². The van der Waals surface area contributed by atoms with Gasteiger partial charge in [-0.2, -0.15) is 0 Å². The molecule has 0 aliphatic rings. The number of halogens is 3. The third-order valence-electron chi connectivity index (χ3n) is 4.18. The van der Waals surface area contributed by atoms with Gasteiger partial charge in [-0.25, -0.2) is 0 Å². The second-order valence-corrected chi connectivity index (χ2v) is 8.19. The van der Waals surface area contributed by atoms with Crippen LogP contribution in [0.25, 0.3) is 0 Å². The van der Waals surface area contributed by atoms with E-state index in [1.54, 1.807) is 54.6 Å². The molecule has 0 spiro atoms. The molecule has 0 radical (unpaired) electrons. The third-order valence-corrected chi connectivity index (χ3v) is 5.27. The lowest BCUT2D eigenvalue weighted by Crippen LogP contribution is -2.23. The second kappa shape index (κ2) is 11.2. The zero-order valence-electron chi connectivity index (χ0n) is 17.0. The van der Waals surface area contributed by atoms with Crippen LogP contribution in [0.2, 0.25) is 10.0 Å². The number of ether oxygens (including phenoxy) is 2. The maximum absolute atomic E-state index is 12.8. The van der Waals surface area contributed by atoms with E-state index in [1.165, 1.54) is 6.07 Å². The van der Waals surface area contributed by atoms with Crippen LogP contribution in [-0.2, 0) is 4.79 Å². The fourth-order valence-electron chi connectivity index (χ4n) is 2.78. The number of rotatable bonds is 8. The Bertz CT molecular complexity index is 1100. The molecule has 166 valence electrons. The molecule has 6 nitrogen and oxygen atoms in total. The van der Waals surface area contributed by atoms with Gasteiger partial charge in [0.15, 0.2) is 12.4 Å². The molecule has 2 N–H and O–H groups in total. The van der Waals surface area contributed by atoms with Gasteiger partial charge in [-0.1, -0.05) is 35.3 Å². The lowest BCUT2D eigenvalue weighted by Gasteiger charge is -2.13. The molecule has 0 bridgehead atoms. The molecule has 0 aliphatic carbocycles. The van der Waals surface area contributed by atoms with Crippen LogP contribution in [0, 0.1) is 0 Å². The van der Waals surface area contributed by atoms with Gasteiger partial charge in [0.05, 0.1) is 27.4 Å². The molecule has 0 aromatic heterocycles. The van der Waals surface area contributed by atoms with Gasteiger partial charge in [0.2, 0.25) is 0 Å². The molecule has 9 heteroatoms. The Hall–Kier alpha value is -2.74. The number of nitrogens with one attached hydrogen (secondary N) is 2. The molecule has 0 aliphatic heterocycles. The first-order valence-corrected chi connectivity index (χ1v) is 11.1. The fourth-order valence-corrected chi connectivity index (χ4v) is 4.15. The topological polar surface area (TPSA) is 76.7 Å². The van der Waals surface area contributed by atoms with Crippen LogP contribution >= 0.6 is 39.1 Å². The van der Waals surface area contributed by atoms with Gasteiger partial charge in [-0.3, -0.25) is 9.59 Å². The number of carbonyl (C=O) groups is 2. The fraction of sp³-hybridized carbons (Fsp3) is 0.130. The Morgan fingerprint density at radius 3 is 2.38 bits per heavy atom. The van der Waals surface area contributed by atoms with Crippen molar-refractivity contribution in [3.05, 3.63) is 80.7 Å². The van der Waals surface area contributed by atoms with E-state index in [4.69, 9.17) is 32.7 Å². The van der Waals surface area contributed by atoms with E-state index >= 15 is 0 Å². The lowest BCUT2D eigenvalue weighted by atomic mass is 10.1. The molecular formula is C23H19BrCl2N2O4. The number of hydrogen-bond acceptors (Lipinski definition) is 4. The van der Waals surface area contributed by atoms with Crippen LogP contribution in [0.5, 0.6) is 11.5 Å². The number of anilines is 2. The van der Waals surface area contributed by atoms with E-state index in [2.05, 4.69) is 26.6 Å². The van der Waals surface area contributed by atoms with Crippen LogP contribution in [0.4, 0.5) is 11.4 Å². The molecule has 3 aromatic carbocycles. The van der Waals surface area contributed by atoms with Crippen molar-refractivity contribution >= 4 is 62.3 Å². The van der Waals surface area contributed by atoms with Crippen molar-refractivity contribution in [2.75, 3.05) is 23.8 Å². The third kappa shape index (κ3) is 6.38. The molecule has 3 aromatic rings. The molecule has 2 amide bonds. The van der Waals surface area contributed by atoms with Gasteiger partial charge in [-0.05, 0) is 71.4 Å². The van der Waals surface area contributed by atoms with Gasteiger partial charge < -0.3 is 20.1 Å². The summed E-state index contributed by atoms with van der Waals surface area (Å²) in [6.45, 7) is 2.15. The first-order chi connectivity index (χ1) is 15.4. The standard InChI is InChI=1S/C23H19BrCl2N2O4/c1-2-31-16-9-7-15(8-10-16)27-23(30)17-5-3-4-6-20(17)28-21(29)13-32-22-18(24)11-14(25)12-19(22)26/h3-12H,2,13H2,1H3,(H,27,30)(H,28,29). The maximum Gasteiger partial charge on any atom is 0.262 e. The van der Waals surface area contributed by atoms with Gasteiger partial charge >= 0.3 is 0 Å². The minimum absolute atomic E-state index is 0.271. The van der Waals surface area contributed by atoms with Gasteiger partial charge in [0.1, 0.15) is 5.75 Å². The highest BCUT2D eigenvalue weighted by molar-refractivity contribution is 9.10. The predicted molar refractivity (Wildman–Crippen MR) is 130 cm³/mol. The Kier molecular flexibility index (Phi) is 8.39. The molecule has 32 heavy (non-hydrogen) atoms. The summed E-state index contributed by atoms with van der Waals surface area (Å²) in [4.78, 5) is 25.2. The zero-order valence-corrected chi connectivity index (χ0v) is 20.1. The molecule has 0 fully saturated rings. The highest BCUT2D eigenvalue weighted by Crippen LogP contribution is 2.36. The Labute approximate surface area is 203 Å². The van der Waals surface area contributed by atoms with Gasteiger partial charge in [-0.15, -0.1) is 0 Å². The summed E-state index contributed by atoms with van der Waals surface area (Å²) >= 11 is 15.3. The summed E-state index contributed by atoms with van der Waals surface area (Å²) in [5.74, 6) is 0.192. The van der Waals surface area contributed by atoms with E-state index in [0.717, 1.165) is 0 Å². The number of carbonyl (C=O) groups excluding carboxylic acids is 2. The largest absolute Gasteiger partial charge is 0.494 e. The highest BCUT2D eigenvalue weighted by Gasteiger charge is 2.15. The summed E-state index contributed by atoms with van der Waals surface area (Å²) in [5.41, 5.74) is 1.26. The van der Waals surface area contributed by atoms with E-state index in [9.17, 15) is 9.59 Å². The molecule has 3 rings (SSSR count). The molecule has 0 heterocycles. The smallest absolute Gasteiger partial charge is 0.262 e. The molecule has 0 unspecified atom stereocenters. The Balaban J connectivity index is 1.65. The van der Waals surface area contributed by atoms with Crippen molar-refractivity contribution in [1.29, 1.82) is 0 Å². The zero-order chi connectivity index (χ0) is 23.1. The highest BCUT2D eigenvalue weighted by atomic mass is 79.9. The average molecular weight is 538 g/mol. The molecular weight excluding hydrogens is 519 g/mol. The number of benzene rings is 3. The van der Waals surface area contributed by atoms with Crippen molar-refractivity contribution in [2.24, 2.45) is 0 Å². The van der Waals surface area contributed by atoms with Gasteiger partial charge in [0.25, 0.3) is 11.8 Å². The molecule has 0 saturated carbocycles. The normalized spacial score (nSPS) is 10.4. The molecule has 0 saturated heterocycles. The lowest BCUT2D eigenvalue weighted by molar-refractivity contribution is -0.118. The molecule has 0 atom stereocenters. The summed E-state index contributed by atoms with van der Waals surface area (Å²) < 4.78 is 11.4. The monoisotopic (exact) mass is 536 g/mol. The first kappa shape index (κ1) is 23.9. The summed E-state index contributed by atoms with van der Waals surface area (Å²) in [6.07, 6.45) is 0. The van der Waals surface area contributed by atoms with Crippen molar-refractivity contribution in [3.8, 4) is 11.5 Å². The van der Waals surface area contributed by atoms with Crippen LogP contribution in [0.15, 0.2) is 65.1 Å². The predicted octanol–water partition coefficient (Wildman–Crippen LogP) is 6.42. The van der Waals surface area contributed by atoms with Crippen LogP contribution in [0.1, 0.15) is 17.3 Å². The second-order valence-electron chi connectivity index (χ2n) is 6.49. The van der Waals surface area contributed by atoms with Crippen molar-refractivity contribution < 1.29 is 19.1 Å². The van der Waals surface area contributed by atoms with Crippen LogP contribution in [-0.4, -0.2) is 25.0 Å². The summed E-state index contributed by atoms with van der Waals surface area (Å²) in [5, 5.41) is 6.21. The maximum atomic E-state index is 12.8. The van der Waals surface area contributed by atoms with E-state index in [0.29, 0.717) is 44.5 Å². The average Bonchev–Trinajstić information content (AvgIpc) is 2.75. The van der Waals surface area contributed by atoms with Crippen molar-refractivity contribution in [3.63, 3.8) is 0 Å². The Morgan fingerprint density at radius 2 is 1.69 bits per heavy atom. The van der Waals surface area contributed by atoms with E-state index in [1.807, 2.05) is 6.92 Å². The van der Waals surface area contributed by atoms with Gasteiger partial charge in [0, 0.05) is 10.7 Å². The minimum atomic E-state index is -0.454. The summed E-state index contributed by atoms with van der Waals surface area (Å²) in [7, 11) is 0. The quantitative estimate of drug-likeness (QED) is 0.347. The number of para-hydroxylation sites is 1. The van der Waals surface area contributed by atoms with Crippen LogP contribution in [0.3, 0.4) is 0 Å². The number of hydrogen-bond donors (Lipinski definition) is 2. The van der Waals surface area contributed by atoms with Crippen molar-refractivity contribution in [2.45, 2.75) is 6.92 Å².